The van der Waals surface area contributed by atoms with Crippen LogP contribution in [0.1, 0.15) is 29.6 Å². The molecule has 124 valence electrons. The molecule has 0 spiro atoms. The first-order chi connectivity index (χ1) is 11.5. The number of ether oxygens (including phenoxy) is 1. The standard InChI is InChI=1S/C18H16ClFN2OS/c1-9-3-5-12-15(7-9)24-18-16(12)17(21-10(2)22-18)23-11-4-6-14(20)13(19)8-11/h4,6,8-9H,3,5,7H2,1-2H3. The first kappa shape index (κ1) is 15.8. The molecule has 0 bridgehead atoms. The summed E-state index contributed by atoms with van der Waals surface area (Å²) in [7, 11) is 0. The minimum atomic E-state index is -0.463. The van der Waals surface area contributed by atoms with E-state index < -0.39 is 5.82 Å². The van der Waals surface area contributed by atoms with Crippen LogP contribution in [0.15, 0.2) is 18.2 Å². The molecule has 3 aromatic rings. The molecular formula is C18H16ClFN2OS. The van der Waals surface area contributed by atoms with Gasteiger partial charge in [0.1, 0.15) is 22.2 Å². The average Bonchev–Trinajstić information content (AvgIpc) is 2.87. The molecule has 3 nitrogen and oxygen atoms in total. The van der Waals surface area contributed by atoms with E-state index in [1.54, 1.807) is 17.4 Å². The third kappa shape index (κ3) is 2.76. The maximum atomic E-state index is 13.4. The van der Waals surface area contributed by atoms with Crippen LogP contribution in [0, 0.1) is 18.7 Å². The fraction of sp³-hybridized carbons (Fsp3) is 0.333. The first-order valence-corrected chi connectivity index (χ1v) is 9.12. The number of thiophene rings is 1. The van der Waals surface area contributed by atoms with Crippen LogP contribution in [0.2, 0.25) is 5.02 Å². The Morgan fingerprint density at radius 1 is 1.33 bits per heavy atom. The van der Waals surface area contributed by atoms with Gasteiger partial charge in [-0.05, 0) is 49.8 Å². The van der Waals surface area contributed by atoms with E-state index >= 15 is 0 Å². The number of benzene rings is 1. The Balaban J connectivity index is 1.83. The van der Waals surface area contributed by atoms with Gasteiger partial charge >= 0.3 is 0 Å². The minimum Gasteiger partial charge on any atom is -0.438 e. The number of aryl methyl sites for hydroxylation is 2. The average molecular weight is 363 g/mol. The zero-order chi connectivity index (χ0) is 16.8. The summed E-state index contributed by atoms with van der Waals surface area (Å²) in [6.07, 6.45) is 3.26. The van der Waals surface area contributed by atoms with E-state index in [1.807, 2.05) is 6.92 Å². The summed E-state index contributed by atoms with van der Waals surface area (Å²) in [5, 5.41) is 1.03. The van der Waals surface area contributed by atoms with Crippen LogP contribution < -0.4 is 4.74 Å². The lowest BCUT2D eigenvalue weighted by atomic mass is 9.89. The highest BCUT2D eigenvalue weighted by Gasteiger charge is 2.24. The van der Waals surface area contributed by atoms with E-state index in [1.165, 1.54) is 22.6 Å². The molecule has 2 aromatic heterocycles. The zero-order valence-corrected chi connectivity index (χ0v) is 15.0. The largest absolute Gasteiger partial charge is 0.438 e. The van der Waals surface area contributed by atoms with Crippen LogP contribution in [0.3, 0.4) is 0 Å². The fourth-order valence-electron chi connectivity index (χ4n) is 3.14. The van der Waals surface area contributed by atoms with Crippen molar-refractivity contribution in [1.29, 1.82) is 0 Å². The molecule has 0 saturated heterocycles. The van der Waals surface area contributed by atoms with Gasteiger partial charge in [0.25, 0.3) is 0 Å². The molecule has 1 aromatic carbocycles. The molecule has 6 heteroatoms. The zero-order valence-electron chi connectivity index (χ0n) is 13.4. The van der Waals surface area contributed by atoms with Gasteiger partial charge in [-0.25, -0.2) is 9.37 Å². The smallest absolute Gasteiger partial charge is 0.231 e. The molecule has 1 atom stereocenters. The Kier molecular flexibility index (Phi) is 3.93. The number of halogens is 2. The van der Waals surface area contributed by atoms with Crippen LogP contribution in [-0.4, -0.2) is 9.97 Å². The molecule has 24 heavy (non-hydrogen) atoms. The second-order valence-electron chi connectivity index (χ2n) is 6.29. The maximum Gasteiger partial charge on any atom is 0.231 e. The van der Waals surface area contributed by atoms with Gasteiger partial charge in [0.2, 0.25) is 5.88 Å². The summed E-state index contributed by atoms with van der Waals surface area (Å²) < 4.78 is 19.3. The molecule has 0 aliphatic heterocycles. The van der Waals surface area contributed by atoms with Gasteiger partial charge in [-0.1, -0.05) is 18.5 Å². The normalized spacial score (nSPS) is 17.1. The monoisotopic (exact) mass is 362 g/mol. The van der Waals surface area contributed by atoms with E-state index in [0.717, 1.165) is 29.5 Å². The van der Waals surface area contributed by atoms with Crippen molar-refractivity contribution in [3.05, 3.63) is 45.3 Å². The molecule has 4 rings (SSSR count). The number of rotatable bonds is 2. The highest BCUT2D eigenvalue weighted by molar-refractivity contribution is 7.18. The van der Waals surface area contributed by atoms with Gasteiger partial charge in [-0.3, -0.25) is 0 Å². The maximum absolute atomic E-state index is 13.4. The molecular weight excluding hydrogens is 347 g/mol. The predicted molar refractivity (Wildman–Crippen MR) is 94.8 cm³/mol. The van der Waals surface area contributed by atoms with E-state index in [4.69, 9.17) is 16.3 Å². The van der Waals surface area contributed by atoms with Crippen LogP contribution in [-0.2, 0) is 12.8 Å². The fourth-order valence-corrected chi connectivity index (χ4v) is 4.73. The molecule has 2 heterocycles. The summed E-state index contributed by atoms with van der Waals surface area (Å²) in [5.41, 5.74) is 1.30. The third-order valence-corrected chi connectivity index (χ3v) is 5.78. The molecule has 1 aliphatic rings. The summed E-state index contributed by atoms with van der Waals surface area (Å²) in [4.78, 5) is 11.4. The number of hydrogen-bond donors (Lipinski definition) is 0. The van der Waals surface area contributed by atoms with Crippen molar-refractivity contribution in [3.63, 3.8) is 0 Å². The number of aromatic nitrogens is 2. The van der Waals surface area contributed by atoms with Crippen LogP contribution in [0.5, 0.6) is 11.6 Å². The first-order valence-electron chi connectivity index (χ1n) is 7.93. The molecule has 1 aliphatic carbocycles. The van der Waals surface area contributed by atoms with Gasteiger partial charge < -0.3 is 4.74 Å². The topological polar surface area (TPSA) is 35.0 Å². The molecule has 0 saturated carbocycles. The summed E-state index contributed by atoms with van der Waals surface area (Å²) in [6, 6.07) is 4.33. The Morgan fingerprint density at radius 2 is 2.17 bits per heavy atom. The van der Waals surface area contributed by atoms with E-state index in [-0.39, 0.29) is 5.02 Å². The van der Waals surface area contributed by atoms with Gasteiger partial charge in [0.05, 0.1) is 10.4 Å². The van der Waals surface area contributed by atoms with Gasteiger partial charge in [0.15, 0.2) is 0 Å². The van der Waals surface area contributed by atoms with Crippen LogP contribution >= 0.6 is 22.9 Å². The second-order valence-corrected chi connectivity index (χ2v) is 7.78. The van der Waals surface area contributed by atoms with Crippen molar-refractivity contribution in [2.24, 2.45) is 5.92 Å². The van der Waals surface area contributed by atoms with Crippen molar-refractivity contribution in [3.8, 4) is 11.6 Å². The van der Waals surface area contributed by atoms with Crippen molar-refractivity contribution >= 4 is 33.2 Å². The lowest BCUT2D eigenvalue weighted by Gasteiger charge is -2.18. The molecule has 0 fully saturated rings. The highest BCUT2D eigenvalue weighted by Crippen LogP contribution is 2.42. The predicted octanol–water partition coefficient (Wildman–Crippen LogP) is 5.71. The lowest BCUT2D eigenvalue weighted by molar-refractivity contribution is 0.463. The van der Waals surface area contributed by atoms with E-state index in [2.05, 4.69) is 16.9 Å². The molecule has 1 unspecified atom stereocenters. The SMILES string of the molecule is Cc1nc(Oc2ccc(F)c(Cl)c2)c2c3c(sc2n1)CC(C)CC3. The summed E-state index contributed by atoms with van der Waals surface area (Å²) in [6.45, 7) is 4.13. The van der Waals surface area contributed by atoms with Crippen LogP contribution in [0.25, 0.3) is 10.2 Å². The molecule has 0 N–H and O–H groups in total. The second kappa shape index (κ2) is 5.97. The van der Waals surface area contributed by atoms with Crippen LogP contribution in [0.4, 0.5) is 4.39 Å². The van der Waals surface area contributed by atoms with Crippen molar-refractivity contribution in [2.45, 2.75) is 33.1 Å². The van der Waals surface area contributed by atoms with Crippen molar-refractivity contribution in [2.75, 3.05) is 0 Å². The summed E-state index contributed by atoms with van der Waals surface area (Å²) in [5.74, 6) is 1.91. The highest BCUT2D eigenvalue weighted by atomic mass is 35.5. The Bertz CT molecular complexity index is 940. The Hall–Kier alpha value is -1.72. The molecule has 0 amide bonds. The quantitative estimate of drug-likeness (QED) is 0.585. The van der Waals surface area contributed by atoms with E-state index in [0.29, 0.717) is 23.4 Å². The molecule has 0 radical (unpaired) electrons. The van der Waals surface area contributed by atoms with Crippen molar-refractivity contribution in [1.82, 2.24) is 9.97 Å². The number of nitrogens with zero attached hydrogens (tertiary/aromatic N) is 2. The third-order valence-electron chi connectivity index (χ3n) is 4.34. The van der Waals surface area contributed by atoms with Crippen molar-refractivity contribution < 1.29 is 9.13 Å². The Morgan fingerprint density at radius 3 is 2.96 bits per heavy atom. The lowest BCUT2D eigenvalue weighted by Crippen LogP contribution is -2.08. The number of fused-ring (bicyclic) bond motifs is 3. The van der Waals surface area contributed by atoms with Gasteiger partial charge in [-0.15, -0.1) is 11.3 Å². The summed E-state index contributed by atoms with van der Waals surface area (Å²) >= 11 is 7.58. The number of hydrogen-bond acceptors (Lipinski definition) is 4. The Labute approximate surface area is 148 Å². The van der Waals surface area contributed by atoms with Gasteiger partial charge in [0, 0.05) is 10.9 Å². The van der Waals surface area contributed by atoms with E-state index in [9.17, 15) is 4.39 Å². The van der Waals surface area contributed by atoms with Gasteiger partial charge in [-0.2, -0.15) is 4.98 Å². The minimum absolute atomic E-state index is 0.0377.